The van der Waals surface area contributed by atoms with E-state index in [1.54, 1.807) is 6.07 Å². The number of rotatable bonds is 10. The van der Waals surface area contributed by atoms with Crippen molar-refractivity contribution in [2.24, 2.45) is 10.2 Å². The van der Waals surface area contributed by atoms with Crippen molar-refractivity contribution in [2.75, 3.05) is 16.8 Å². The predicted octanol–water partition coefficient (Wildman–Crippen LogP) is 5.13. The highest BCUT2D eigenvalue weighted by atomic mass is 16.1. The Morgan fingerprint density at radius 3 is 2.71 bits per heavy atom. The lowest BCUT2D eigenvalue weighted by atomic mass is 10.1. The fourth-order valence-corrected chi connectivity index (χ4v) is 3.10. The lowest BCUT2D eigenvalue weighted by molar-refractivity contribution is -0.114. The first-order chi connectivity index (χ1) is 14.9. The smallest absolute Gasteiger partial charge is 0.221 e. The number of hydrogen-bond donors (Lipinski definition) is 2. The molecule has 2 N–H and O–H groups in total. The molecule has 9 heteroatoms. The molecule has 2 aromatic rings. The van der Waals surface area contributed by atoms with Crippen LogP contribution in [0.4, 0.5) is 22.9 Å². The molecule has 162 valence electrons. The van der Waals surface area contributed by atoms with Gasteiger partial charge in [0.1, 0.15) is 17.3 Å². The molecule has 1 heterocycles. The Labute approximate surface area is 182 Å². The number of nitrogens with zero attached hydrogens (tertiary/aromatic N) is 6. The van der Waals surface area contributed by atoms with Gasteiger partial charge in [0.25, 0.3) is 0 Å². The highest BCUT2D eigenvalue weighted by Crippen LogP contribution is 2.33. The molecule has 0 fully saturated rings. The molecule has 0 saturated heterocycles. The number of hydrogen-bond acceptors (Lipinski definition) is 7. The summed E-state index contributed by atoms with van der Waals surface area (Å²) in [5, 5.41) is 35.9. The highest BCUT2D eigenvalue weighted by Gasteiger charge is 2.16. The van der Waals surface area contributed by atoms with Gasteiger partial charge in [0.15, 0.2) is 0 Å². The lowest BCUT2D eigenvalue weighted by Gasteiger charge is -2.31. The van der Waals surface area contributed by atoms with Gasteiger partial charge >= 0.3 is 0 Å². The molecule has 1 amide bonds. The molecule has 0 aliphatic carbocycles. The normalized spacial score (nSPS) is 11.7. The van der Waals surface area contributed by atoms with E-state index in [1.807, 2.05) is 24.3 Å². The molecule has 0 spiro atoms. The van der Waals surface area contributed by atoms with Gasteiger partial charge in [0.2, 0.25) is 11.7 Å². The zero-order valence-electron chi connectivity index (χ0n) is 18.4. The van der Waals surface area contributed by atoms with E-state index < -0.39 is 0 Å². The molecule has 1 aromatic heterocycles. The summed E-state index contributed by atoms with van der Waals surface area (Å²) < 4.78 is 0. The van der Waals surface area contributed by atoms with Crippen molar-refractivity contribution in [1.82, 2.24) is 10.2 Å². The van der Waals surface area contributed by atoms with Crippen molar-refractivity contribution in [3.8, 4) is 12.1 Å². The minimum Gasteiger partial charge on any atom is -0.369 e. The van der Waals surface area contributed by atoms with Gasteiger partial charge in [0.05, 0.1) is 23.9 Å². The molecule has 9 nitrogen and oxygen atoms in total. The molecule has 1 aromatic carbocycles. The second-order valence-corrected chi connectivity index (χ2v) is 7.23. The fraction of sp³-hybridized carbons (Fsp3) is 0.455. The number of amides is 1. The largest absolute Gasteiger partial charge is 0.369 e. The van der Waals surface area contributed by atoms with Gasteiger partial charge in [-0.25, -0.2) is 0 Å². The van der Waals surface area contributed by atoms with E-state index in [4.69, 9.17) is 5.26 Å². The maximum atomic E-state index is 11.8. The molecular weight excluding hydrogens is 392 g/mol. The molecule has 31 heavy (non-hydrogen) atoms. The molecule has 0 aliphatic heterocycles. The van der Waals surface area contributed by atoms with Crippen LogP contribution < -0.4 is 10.2 Å². The molecule has 0 bridgehead atoms. The first-order valence-corrected chi connectivity index (χ1v) is 10.4. The zero-order chi connectivity index (χ0) is 22.8. The average Bonchev–Trinajstić information content (AvgIpc) is 3.14. The molecule has 0 saturated carbocycles. The SMILES string of the molecule is CCCCN(c1ccc(N=Nc2n[nH]c(CC#N)c2C#N)c(NC(C)=O)c1)C(C)CC. The number of unbranched alkanes of at least 4 members (excludes halogenated alkanes) is 1. The summed E-state index contributed by atoms with van der Waals surface area (Å²) in [7, 11) is 0. The monoisotopic (exact) mass is 420 g/mol. The third-order valence-electron chi connectivity index (χ3n) is 4.94. The Morgan fingerprint density at radius 1 is 1.32 bits per heavy atom. The molecular formula is C22H28N8O. The Bertz CT molecular complexity index is 1010. The standard InChI is InChI=1S/C22H28N8O/c1-5-7-12-30(15(3)6-2)17-8-9-20(21(13-17)25-16(4)31)27-29-22-18(14-24)19(10-11-23)26-28-22/h8-9,13,15H,5-7,10,12H2,1-4H3,(H,25,31)(H,26,28). The van der Waals surface area contributed by atoms with Crippen LogP contribution in [0.15, 0.2) is 28.4 Å². The third-order valence-corrected chi connectivity index (χ3v) is 4.94. The number of nitrogens with one attached hydrogen (secondary N) is 2. The Hall–Kier alpha value is -3.72. The van der Waals surface area contributed by atoms with Gasteiger partial charge in [-0.1, -0.05) is 20.3 Å². The predicted molar refractivity (Wildman–Crippen MR) is 120 cm³/mol. The van der Waals surface area contributed by atoms with Gasteiger partial charge in [-0.05, 0) is 38.0 Å². The first kappa shape index (κ1) is 23.6. The van der Waals surface area contributed by atoms with E-state index >= 15 is 0 Å². The van der Waals surface area contributed by atoms with Gasteiger partial charge < -0.3 is 10.2 Å². The number of carbonyl (C=O) groups excluding carboxylic acids is 1. The van der Waals surface area contributed by atoms with E-state index in [9.17, 15) is 10.1 Å². The van der Waals surface area contributed by atoms with Gasteiger partial charge in [-0.2, -0.15) is 15.6 Å². The van der Waals surface area contributed by atoms with Crippen LogP contribution in [0.2, 0.25) is 0 Å². The Kier molecular flexibility index (Phi) is 8.71. The lowest BCUT2D eigenvalue weighted by Crippen LogP contribution is -2.33. The van der Waals surface area contributed by atoms with E-state index in [1.165, 1.54) is 6.92 Å². The van der Waals surface area contributed by atoms with Gasteiger partial charge in [-0.15, -0.1) is 10.2 Å². The van der Waals surface area contributed by atoms with Crippen LogP contribution in [0, 0.1) is 22.7 Å². The highest BCUT2D eigenvalue weighted by molar-refractivity contribution is 5.93. The molecule has 1 unspecified atom stereocenters. The topological polar surface area (TPSA) is 133 Å². The quantitative estimate of drug-likeness (QED) is 0.514. The number of benzene rings is 1. The number of H-pyrrole nitrogens is 1. The van der Waals surface area contributed by atoms with Crippen LogP contribution in [0.25, 0.3) is 0 Å². The average molecular weight is 421 g/mol. The Morgan fingerprint density at radius 2 is 2.10 bits per heavy atom. The van der Waals surface area contributed by atoms with E-state index in [-0.39, 0.29) is 23.7 Å². The summed E-state index contributed by atoms with van der Waals surface area (Å²) in [4.78, 5) is 14.1. The number of aromatic amines is 1. The third kappa shape index (κ3) is 6.13. The number of aromatic nitrogens is 2. The second-order valence-electron chi connectivity index (χ2n) is 7.23. The van der Waals surface area contributed by atoms with Gasteiger partial charge in [0, 0.05) is 25.2 Å². The van der Waals surface area contributed by atoms with Crippen molar-refractivity contribution in [1.29, 1.82) is 10.5 Å². The number of anilines is 2. The van der Waals surface area contributed by atoms with Crippen molar-refractivity contribution < 1.29 is 4.79 Å². The second kappa shape index (κ2) is 11.5. The summed E-state index contributed by atoms with van der Waals surface area (Å²) in [5.74, 6) is -0.110. The molecule has 2 rings (SSSR count). The summed E-state index contributed by atoms with van der Waals surface area (Å²) >= 11 is 0. The van der Waals surface area contributed by atoms with Crippen LogP contribution >= 0.6 is 0 Å². The number of carbonyl (C=O) groups is 1. The van der Waals surface area contributed by atoms with Crippen molar-refractivity contribution in [3.05, 3.63) is 29.5 Å². The first-order valence-electron chi connectivity index (χ1n) is 10.4. The Balaban J connectivity index is 2.42. The molecule has 0 radical (unpaired) electrons. The van der Waals surface area contributed by atoms with Crippen LogP contribution in [0.1, 0.15) is 58.2 Å². The van der Waals surface area contributed by atoms with Crippen LogP contribution in [-0.2, 0) is 11.2 Å². The van der Waals surface area contributed by atoms with Crippen molar-refractivity contribution >= 4 is 28.8 Å². The minimum atomic E-state index is -0.217. The van der Waals surface area contributed by atoms with Gasteiger partial charge in [-0.3, -0.25) is 9.89 Å². The summed E-state index contributed by atoms with van der Waals surface area (Å²) in [6.45, 7) is 8.85. The maximum absolute atomic E-state index is 11.8. The number of nitriles is 2. The summed E-state index contributed by atoms with van der Waals surface area (Å²) in [5.41, 5.74) is 2.57. The van der Waals surface area contributed by atoms with Crippen molar-refractivity contribution in [2.45, 2.75) is 59.4 Å². The van der Waals surface area contributed by atoms with Crippen LogP contribution in [0.5, 0.6) is 0 Å². The van der Waals surface area contributed by atoms with E-state index in [0.717, 1.165) is 31.5 Å². The van der Waals surface area contributed by atoms with E-state index in [0.29, 0.717) is 23.1 Å². The van der Waals surface area contributed by atoms with Crippen LogP contribution in [0.3, 0.4) is 0 Å². The fourth-order valence-electron chi connectivity index (χ4n) is 3.10. The zero-order valence-corrected chi connectivity index (χ0v) is 18.4. The van der Waals surface area contributed by atoms with E-state index in [2.05, 4.69) is 51.4 Å². The summed E-state index contributed by atoms with van der Waals surface area (Å²) in [6.07, 6.45) is 3.20. The minimum absolute atomic E-state index is 0.0282. The van der Waals surface area contributed by atoms with Crippen LogP contribution in [-0.4, -0.2) is 28.7 Å². The molecule has 1 atom stereocenters. The number of azo groups is 1. The maximum Gasteiger partial charge on any atom is 0.221 e. The summed E-state index contributed by atoms with van der Waals surface area (Å²) in [6, 6.07) is 9.97. The van der Waals surface area contributed by atoms with Crippen molar-refractivity contribution in [3.63, 3.8) is 0 Å². The molecule has 0 aliphatic rings.